The lowest BCUT2D eigenvalue weighted by molar-refractivity contribution is 0.270. The van der Waals surface area contributed by atoms with Gasteiger partial charge in [-0.2, -0.15) is 0 Å². The van der Waals surface area contributed by atoms with Crippen LogP contribution in [0.15, 0.2) is 6.07 Å². The van der Waals surface area contributed by atoms with E-state index >= 15 is 0 Å². The maximum absolute atomic E-state index is 4.55. The van der Waals surface area contributed by atoms with Gasteiger partial charge >= 0.3 is 0 Å². The third-order valence-corrected chi connectivity index (χ3v) is 3.33. The second-order valence-corrected chi connectivity index (χ2v) is 4.61. The predicted octanol–water partition coefficient (Wildman–Crippen LogP) is 1.36. The van der Waals surface area contributed by atoms with Crippen LogP contribution in [0.1, 0.15) is 19.7 Å². The summed E-state index contributed by atoms with van der Waals surface area (Å²) in [4.78, 5) is 13.8. The first-order valence-electron chi connectivity index (χ1n) is 6.79. The number of nitrogens with one attached hydrogen (secondary N) is 1. The molecule has 1 aliphatic rings. The Morgan fingerprint density at radius 2 is 1.89 bits per heavy atom. The van der Waals surface area contributed by atoms with E-state index in [4.69, 9.17) is 0 Å². The Hall–Kier alpha value is -1.36. The molecule has 1 aliphatic heterocycles. The van der Waals surface area contributed by atoms with Gasteiger partial charge in [-0.1, -0.05) is 6.92 Å². The summed E-state index contributed by atoms with van der Waals surface area (Å²) >= 11 is 0. The number of nitrogens with zero attached hydrogens (tertiary/aromatic N) is 4. The lowest BCUT2D eigenvalue weighted by atomic mass is 10.3. The van der Waals surface area contributed by atoms with Gasteiger partial charge in [-0.05, 0) is 20.4 Å². The number of aromatic nitrogens is 2. The minimum absolute atomic E-state index is 0.835. The van der Waals surface area contributed by atoms with Crippen molar-refractivity contribution >= 4 is 11.6 Å². The zero-order chi connectivity index (χ0) is 13.0. The summed E-state index contributed by atoms with van der Waals surface area (Å²) in [5.41, 5.74) is 0. The number of aryl methyl sites for hydroxylation is 1. The fourth-order valence-electron chi connectivity index (χ4n) is 2.28. The number of hydrogen-bond donors (Lipinski definition) is 1. The van der Waals surface area contributed by atoms with Crippen molar-refractivity contribution in [3.05, 3.63) is 11.9 Å². The van der Waals surface area contributed by atoms with Crippen LogP contribution in [0, 0.1) is 6.92 Å². The lowest BCUT2D eigenvalue weighted by Crippen LogP contribution is -2.46. The number of anilines is 2. The molecular formula is C13H23N5. The number of likely N-dealkylation sites (N-methyl/N-ethyl adjacent to an activating group) is 1. The van der Waals surface area contributed by atoms with Gasteiger partial charge in [-0.15, -0.1) is 0 Å². The van der Waals surface area contributed by atoms with Crippen molar-refractivity contribution in [1.29, 1.82) is 0 Å². The topological polar surface area (TPSA) is 44.3 Å². The zero-order valence-corrected chi connectivity index (χ0v) is 11.6. The largest absolute Gasteiger partial charge is 0.370 e. The van der Waals surface area contributed by atoms with Crippen molar-refractivity contribution in [3.8, 4) is 0 Å². The minimum Gasteiger partial charge on any atom is -0.370 e. The van der Waals surface area contributed by atoms with E-state index in [1.807, 2.05) is 6.92 Å². The molecule has 0 saturated carbocycles. The summed E-state index contributed by atoms with van der Waals surface area (Å²) in [7, 11) is 0. The highest BCUT2D eigenvalue weighted by Crippen LogP contribution is 2.17. The van der Waals surface area contributed by atoms with Crippen LogP contribution in [0.5, 0.6) is 0 Å². The standard InChI is InChI=1S/C13H23N5/c1-4-14-12-10-13(16-11(3)15-12)18-8-6-17(5-2)7-9-18/h10H,4-9H2,1-3H3,(H,14,15,16). The van der Waals surface area contributed by atoms with Gasteiger partial charge in [0.1, 0.15) is 17.5 Å². The minimum atomic E-state index is 0.835. The molecule has 0 radical (unpaired) electrons. The van der Waals surface area contributed by atoms with Crippen LogP contribution in [-0.4, -0.2) is 54.1 Å². The van der Waals surface area contributed by atoms with E-state index in [0.29, 0.717) is 0 Å². The molecule has 1 aromatic heterocycles. The van der Waals surface area contributed by atoms with Crippen LogP contribution in [0.25, 0.3) is 0 Å². The molecule has 0 amide bonds. The lowest BCUT2D eigenvalue weighted by Gasteiger charge is -2.34. The molecule has 1 fully saturated rings. The van der Waals surface area contributed by atoms with Crippen LogP contribution >= 0.6 is 0 Å². The van der Waals surface area contributed by atoms with Gasteiger partial charge in [0.2, 0.25) is 0 Å². The summed E-state index contributed by atoms with van der Waals surface area (Å²) < 4.78 is 0. The van der Waals surface area contributed by atoms with Gasteiger partial charge in [0.05, 0.1) is 0 Å². The molecule has 0 spiro atoms. The smallest absolute Gasteiger partial charge is 0.134 e. The SMILES string of the molecule is CCNc1cc(N2CCN(CC)CC2)nc(C)n1. The maximum atomic E-state index is 4.55. The Morgan fingerprint density at radius 1 is 1.17 bits per heavy atom. The molecule has 1 N–H and O–H groups in total. The van der Waals surface area contributed by atoms with Crippen molar-refractivity contribution < 1.29 is 0 Å². The molecule has 5 nitrogen and oxygen atoms in total. The number of rotatable bonds is 4. The van der Waals surface area contributed by atoms with E-state index in [0.717, 1.165) is 56.7 Å². The van der Waals surface area contributed by atoms with Gasteiger partial charge < -0.3 is 15.1 Å². The summed E-state index contributed by atoms with van der Waals surface area (Å²) in [5, 5.41) is 3.26. The third-order valence-electron chi connectivity index (χ3n) is 3.33. The molecule has 0 atom stereocenters. The molecule has 0 aromatic carbocycles. The molecule has 18 heavy (non-hydrogen) atoms. The van der Waals surface area contributed by atoms with Crippen LogP contribution in [0.4, 0.5) is 11.6 Å². The van der Waals surface area contributed by atoms with Crippen molar-refractivity contribution in [2.45, 2.75) is 20.8 Å². The van der Waals surface area contributed by atoms with Gasteiger partial charge in [-0.25, -0.2) is 9.97 Å². The third kappa shape index (κ3) is 3.10. The first-order valence-corrected chi connectivity index (χ1v) is 6.79. The molecule has 0 aliphatic carbocycles. The highest BCUT2D eigenvalue weighted by atomic mass is 15.3. The fourth-order valence-corrected chi connectivity index (χ4v) is 2.28. The van der Waals surface area contributed by atoms with Crippen molar-refractivity contribution in [2.75, 3.05) is 49.5 Å². The Labute approximate surface area is 109 Å². The molecule has 0 bridgehead atoms. The molecule has 0 unspecified atom stereocenters. The van der Waals surface area contributed by atoms with Gasteiger partial charge in [0.25, 0.3) is 0 Å². The summed E-state index contributed by atoms with van der Waals surface area (Å²) in [6.07, 6.45) is 0. The Balaban J connectivity index is 2.08. The number of hydrogen-bond acceptors (Lipinski definition) is 5. The van der Waals surface area contributed by atoms with E-state index in [1.165, 1.54) is 0 Å². The summed E-state index contributed by atoms with van der Waals surface area (Å²) in [5.74, 6) is 2.81. The molecular weight excluding hydrogens is 226 g/mol. The average molecular weight is 249 g/mol. The second-order valence-electron chi connectivity index (χ2n) is 4.61. The van der Waals surface area contributed by atoms with E-state index in [1.54, 1.807) is 0 Å². The quantitative estimate of drug-likeness (QED) is 0.873. The molecule has 2 heterocycles. The Morgan fingerprint density at radius 3 is 2.50 bits per heavy atom. The maximum Gasteiger partial charge on any atom is 0.134 e. The molecule has 1 saturated heterocycles. The molecule has 1 aromatic rings. The highest BCUT2D eigenvalue weighted by molar-refractivity contribution is 5.49. The van der Waals surface area contributed by atoms with E-state index in [2.05, 4.69) is 45.0 Å². The summed E-state index contributed by atoms with van der Waals surface area (Å²) in [6.45, 7) is 12.6. The number of piperazine rings is 1. The van der Waals surface area contributed by atoms with Crippen molar-refractivity contribution in [2.24, 2.45) is 0 Å². The van der Waals surface area contributed by atoms with Gasteiger partial charge in [-0.3, -0.25) is 0 Å². The normalized spacial score (nSPS) is 16.9. The zero-order valence-electron chi connectivity index (χ0n) is 11.6. The first-order chi connectivity index (χ1) is 8.72. The van der Waals surface area contributed by atoms with Crippen molar-refractivity contribution in [1.82, 2.24) is 14.9 Å². The molecule has 2 rings (SSSR count). The monoisotopic (exact) mass is 249 g/mol. The fraction of sp³-hybridized carbons (Fsp3) is 0.692. The van der Waals surface area contributed by atoms with E-state index in [9.17, 15) is 0 Å². The van der Waals surface area contributed by atoms with Gasteiger partial charge in [0, 0.05) is 38.8 Å². The Kier molecular flexibility index (Phi) is 4.36. The van der Waals surface area contributed by atoms with E-state index in [-0.39, 0.29) is 0 Å². The van der Waals surface area contributed by atoms with E-state index < -0.39 is 0 Å². The van der Waals surface area contributed by atoms with Gasteiger partial charge in [0.15, 0.2) is 0 Å². The highest BCUT2D eigenvalue weighted by Gasteiger charge is 2.17. The average Bonchev–Trinajstić information content (AvgIpc) is 2.38. The van der Waals surface area contributed by atoms with Crippen LogP contribution in [-0.2, 0) is 0 Å². The van der Waals surface area contributed by atoms with Crippen LogP contribution < -0.4 is 10.2 Å². The summed E-state index contributed by atoms with van der Waals surface area (Å²) in [6, 6.07) is 2.05. The van der Waals surface area contributed by atoms with Crippen molar-refractivity contribution in [3.63, 3.8) is 0 Å². The predicted molar refractivity (Wildman–Crippen MR) is 75.3 cm³/mol. The molecule has 100 valence electrons. The Bertz CT molecular complexity index is 385. The first kappa shape index (κ1) is 13.1. The van der Waals surface area contributed by atoms with Crippen LogP contribution in [0.2, 0.25) is 0 Å². The molecule has 5 heteroatoms. The second kappa shape index (κ2) is 6.00. The van der Waals surface area contributed by atoms with Crippen LogP contribution in [0.3, 0.4) is 0 Å².